The van der Waals surface area contributed by atoms with Crippen molar-refractivity contribution in [3.63, 3.8) is 0 Å². The van der Waals surface area contributed by atoms with Crippen molar-refractivity contribution >= 4 is 17.9 Å². The van der Waals surface area contributed by atoms with Crippen molar-refractivity contribution in [2.45, 2.75) is 12.2 Å². The first-order valence-electron chi connectivity index (χ1n) is 4.81. The van der Waals surface area contributed by atoms with Crippen molar-refractivity contribution in [2.24, 2.45) is 0 Å². The van der Waals surface area contributed by atoms with Gasteiger partial charge < -0.3 is 24.9 Å². The second-order valence-electron chi connectivity index (χ2n) is 3.28. The molecule has 2 N–H and O–H groups in total. The molecule has 0 aliphatic rings. The van der Waals surface area contributed by atoms with Crippen molar-refractivity contribution in [3.05, 3.63) is 35.9 Å². The van der Waals surface area contributed by atoms with Crippen LogP contribution < -0.4 is 56.5 Å². The van der Waals surface area contributed by atoms with Gasteiger partial charge in [0, 0.05) is 0 Å². The Morgan fingerprint density at radius 2 is 1.58 bits per heavy atom. The Morgan fingerprint density at radius 3 is 2.05 bits per heavy atom. The number of ether oxygens (including phenoxy) is 1. The first-order valence-corrected chi connectivity index (χ1v) is 4.81. The summed E-state index contributed by atoms with van der Waals surface area (Å²) in [5, 5.41) is 28.1. The summed E-state index contributed by atoms with van der Waals surface area (Å²) < 4.78 is 4.19. The molecule has 0 unspecified atom stereocenters. The zero-order valence-corrected chi connectivity index (χ0v) is 13.1. The smallest absolute Gasteiger partial charge is 0.547 e. The maximum Gasteiger partial charge on any atom is 1.00 e. The van der Waals surface area contributed by atoms with E-state index in [-0.39, 0.29) is 56.9 Å². The van der Waals surface area contributed by atoms with Gasteiger partial charge in [-0.1, -0.05) is 18.2 Å². The van der Waals surface area contributed by atoms with Crippen LogP contribution in [0.25, 0.3) is 0 Å². The molecular formula is C11H9KO7. The molecule has 0 fully saturated rings. The molecule has 0 heterocycles. The Kier molecular flexibility index (Phi) is 8.26. The predicted octanol–water partition coefficient (Wildman–Crippen LogP) is -5.15. The second-order valence-corrected chi connectivity index (χ2v) is 3.28. The number of rotatable bonds is 4. The minimum Gasteiger partial charge on any atom is -0.547 e. The molecule has 0 saturated carbocycles. The molecule has 0 aromatic heterocycles. The SMILES string of the molecule is O=C(OC(=O)[C@H](O)[C@@H](O)C(=O)[O-])c1ccccc1.[K+]. The molecular weight excluding hydrogens is 283 g/mol. The van der Waals surface area contributed by atoms with E-state index in [0.717, 1.165) is 0 Å². The number of aliphatic hydroxyl groups is 2. The third kappa shape index (κ3) is 5.49. The number of carbonyl (C=O) groups excluding carboxylic acids is 3. The average molecular weight is 292 g/mol. The molecule has 19 heavy (non-hydrogen) atoms. The molecule has 0 amide bonds. The standard InChI is InChI=1S/C11H10O7.K/c12-7(9(14)15)8(13)11(17)18-10(16)6-4-2-1-3-5-6;/h1-5,7-8,12-13H,(H,14,15);/q;+1/p-1/t7-,8-;/m1./s1. The summed E-state index contributed by atoms with van der Waals surface area (Å²) >= 11 is 0. The van der Waals surface area contributed by atoms with Gasteiger partial charge in [-0.15, -0.1) is 0 Å². The molecule has 0 aliphatic carbocycles. The second kappa shape index (κ2) is 8.54. The third-order valence-corrected chi connectivity index (χ3v) is 1.98. The molecule has 1 aromatic carbocycles. The van der Waals surface area contributed by atoms with Crippen molar-refractivity contribution in [2.75, 3.05) is 0 Å². The van der Waals surface area contributed by atoms with E-state index in [1.165, 1.54) is 24.3 Å². The summed E-state index contributed by atoms with van der Waals surface area (Å²) in [4.78, 5) is 32.7. The number of carbonyl (C=O) groups is 3. The predicted molar refractivity (Wildman–Crippen MR) is 53.9 cm³/mol. The van der Waals surface area contributed by atoms with Crippen molar-refractivity contribution in [3.8, 4) is 0 Å². The maximum absolute atomic E-state index is 11.4. The number of carboxylic acids is 1. The van der Waals surface area contributed by atoms with Gasteiger partial charge in [-0.25, -0.2) is 9.59 Å². The number of esters is 2. The minimum atomic E-state index is -2.46. The minimum absolute atomic E-state index is 0. The van der Waals surface area contributed by atoms with Crippen LogP contribution in [0.5, 0.6) is 0 Å². The van der Waals surface area contributed by atoms with E-state index in [9.17, 15) is 19.5 Å². The Hall–Kier alpha value is -0.614. The van der Waals surface area contributed by atoms with E-state index in [2.05, 4.69) is 4.74 Å². The molecule has 2 atom stereocenters. The van der Waals surface area contributed by atoms with E-state index in [1.807, 2.05) is 0 Å². The Bertz CT molecular complexity index is 459. The third-order valence-electron chi connectivity index (χ3n) is 1.98. The van der Waals surface area contributed by atoms with Gasteiger partial charge in [-0.3, -0.25) is 0 Å². The van der Waals surface area contributed by atoms with Gasteiger partial charge in [0.2, 0.25) is 0 Å². The first kappa shape index (κ1) is 18.4. The van der Waals surface area contributed by atoms with Gasteiger partial charge in [-0.05, 0) is 12.1 Å². The van der Waals surface area contributed by atoms with Crippen LogP contribution in [0.15, 0.2) is 30.3 Å². The number of hydrogen-bond donors (Lipinski definition) is 2. The fourth-order valence-corrected chi connectivity index (χ4v) is 1.04. The van der Waals surface area contributed by atoms with Crippen LogP contribution in [0.1, 0.15) is 10.4 Å². The van der Waals surface area contributed by atoms with Crippen LogP contribution in [0.3, 0.4) is 0 Å². The first-order chi connectivity index (χ1) is 8.43. The Labute approximate surface area is 150 Å². The van der Waals surface area contributed by atoms with Crippen LogP contribution in [-0.2, 0) is 14.3 Å². The summed E-state index contributed by atoms with van der Waals surface area (Å²) in [6.07, 6.45) is -4.84. The van der Waals surface area contributed by atoms with Gasteiger partial charge in [0.05, 0.1) is 11.5 Å². The number of carboxylic acid groups (broad SMARTS) is 1. The number of aliphatic hydroxyl groups excluding tert-OH is 2. The molecule has 1 rings (SSSR count). The summed E-state index contributed by atoms with van der Waals surface area (Å²) in [7, 11) is 0. The van der Waals surface area contributed by atoms with E-state index in [4.69, 9.17) is 10.2 Å². The Balaban J connectivity index is 0.00000324. The number of hydrogen-bond acceptors (Lipinski definition) is 7. The zero-order valence-electron chi connectivity index (χ0n) is 9.98. The zero-order chi connectivity index (χ0) is 13.7. The van der Waals surface area contributed by atoms with Crippen molar-refractivity contribution in [1.29, 1.82) is 0 Å². The van der Waals surface area contributed by atoms with Gasteiger partial charge in [0.25, 0.3) is 0 Å². The van der Waals surface area contributed by atoms with Crippen LogP contribution >= 0.6 is 0 Å². The summed E-state index contributed by atoms with van der Waals surface area (Å²) in [5.74, 6) is -4.68. The van der Waals surface area contributed by atoms with Gasteiger partial charge in [0.1, 0.15) is 6.10 Å². The van der Waals surface area contributed by atoms with Gasteiger partial charge in [0.15, 0.2) is 6.10 Å². The fourth-order valence-electron chi connectivity index (χ4n) is 1.04. The summed E-state index contributed by atoms with van der Waals surface area (Å²) in [5.41, 5.74) is 0.0426. The van der Waals surface area contributed by atoms with Crippen LogP contribution in [-0.4, -0.2) is 40.3 Å². The van der Waals surface area contributed by atoms with Gasteiger partial charge >= 0.3 is 63.3 Å². The Morgan fingerprint density at radius 1 is 1.05 bits per heavy atom. The fraction of sp³-hybridized carbons (Fsp3) is 0.182. The van der Waals surface area contributed by atoms with E-state index < -0.39 is 30.1 Å². The summed E-state index contributed by atoms with van der Waals surface area (Å²) in [6, 6.07) is 7.39. The van der Waals surface area contributed by atoms with Crippen LogP contribution in [0.4, 0.5) is 0 Å². The van der Waals surface area contributed by atoms with E-state index in [0.29, 0.717) is 0 Å². The van der Waals surface area contributed by atoms with Crippen molar-refractivity contribution in [1.82, 2.24) is 0 Å². The molecule has 0 aliphatic heterocycles. The molecule has 0 bridgehead atoms. The van der Waals surface area contributed by atoms with Crippen LogP contribution in [0.2, 0.25) is 0 Å². The maximum atomic E-state index is 11.4. The largest absolute Gasteiger partial charge is 1.00 e. The number of benzene rings is 1. The normalized spacial score (nSPS) is 12.7. The number of aliphatic carboxylic acids is 1. The molecule has 1 aromatic rings. The van der Waals surface area contributed by atoms with Gasteiger partial charge in [-0.2, -0.15) is 0 Å². The molecule has 0 saturated heterocycles. The van der Waals surface area contributed by atoms with Crippen molar-refractivity contribution < 1.29 is 85.8 Å². The molecule has 8 heteroatoms. The molecule has 0 radical (unpaired) electrons. The van der Waals surface area contributed by atoms with Crippen LogP contribution in [0, 0.1) is 0 Å². The average Bonchev–Trinajstić information content (AvgIpc) is 2.37. The molecule has 7 nitrogen and oxygen atoms in total. The van der Waals surface area contributed by atoms with E-state index >= 15 is 0 Å². The molecule has 96 valence electrons. The van der Waals surface area contributed by atoms with E-state index in [1.54, 1.807) is 6.07 Å². The monoisotopic (exact) mass is 292 g/mol. The molecule has 0 spiro atoms. The quantitative estimate of drug-likeness (QED) is 0.323. The topological polar surface area (TPSA) is 124 Å². The summed E-state index contributed by atoms with van der Waals surface area (Å²) in [6.45, 7) is 0.